The standard InChI is InChI=1S/C24H23N3O3S2/c25-32(29,30)20-9-7-17(8-10-20)22-21(16-5-3-15(4-6-16)14-1-2-14)26-23(31-22)24(28)27-12-18-11-19(18)13-27/h3-10,14,18-19H,1-2,11-13H2,(H2,25,29,30). The second kappa shape index (κ2) is 7.23. The van der Waals surface area contributed by atoms with Crippen molar-refractivity contribution in [2.75, 3.05) is 13.1 Å². The second-order valence-electron chi connectivity index (χ2n) is 9.13. The van der Waals surface area contributed by atoms with Crippen molar-refractivity contribution in [3.8, 4) is 21.7 Å². The van der Waals surface area contributed by atoms with Crippen LogP contribution >= 0.6 is 11.3 Å². The van der Waals surface area contributed by atoms with Gasteiger partial charge in [0, 0.05) is 18.7 Å². The fraction of sp³-hybridized carbons (Fsp3) is 0.333. The van der Waals surface area contributed by atoms with Gasteiger partial charge < -0.3 is 4.90 Å². The lowest BCUT2D eigenvalue weighted by Gasteiger charge is -2.15. The SMILES string of the molecule is NS(=O)(=O)c1ccc(-c2sc(C(=O)N3CC4CC4C3)nc2-c2ccc(C3CC3)cc2)cc1. The molecule has 2 N–H and O–H groups in total. The van der Waals surface area contributed by atoms with E-state index in [0.29, 0.717) is 22.8 Å². The van der Waals surface area contributed by atoms with Crippen LogP contribution in [0.5, 0.6) is 0 Å². The molecule has 0 bridgehead atoms. The Morgan fingerprint density at radius 2 is 1.59 bits per heavy atom. The van der Waals surface area contributed by atoms with E-state index >= 15 is 0 Å². The molecular weight excluding hydrogens is 442 g/mol. The lowest BCUT2D eigenvalue weighted by atomic mass is 10.0. The van der Waals surface area contributed by atoms with E-state index in [0.717, 1.165) is 34.8 Å². The molecule has 2 heterocycles. The van der Waals surface area contributed by atoms with Crippen LogP contribution in [-0.2, 0) is 10.0 Å². The highest BCUT2D eigenvalue weighted by Crippen LogP contribution is 2.46. The number of primary sulfonamides is 1. The Balaban J connectivity index is 1.39. The highest BCUT2D eigenvalue weighted by atomic mass is 32.2. The van der Waals surface area contributed by atoms with Gasteiger partial charge >= 0.3 is 0 Å². The van der Waals surface area contributed by atoms with Gasteiger partial charge in [0.25, 0.3) is 5.91 Å². The van der Waals surface area contributed by atoms with Gasteiger partial charge in [-0.2, -0.15) is 0 Å². The minimum Gasteiger partial charge on any atom is -0.336 e. The smallest absolute Gasteiger partial charge is 0.282 e. The van der Waals surface area contributed by atoms with Gasteiger partial charge in [0.05, 0.1) is 15.5 Å². The van der Waals surface area contributed by atoms with Gasteiger partial charge in [-0.1, -0.05) is 36.4 Å². The van der Waals surface area contributed by atoms with E-state index in [1.54, 1.807) is 12.1 Å². The summed E-state index contributed by atoms with van der Waals surface area (Å²) in [6.07, 6.45) is 3.73. The van der Waals surface area contributed by atoms with Gasteiger partial charge in [0.2, 0.25) is 10.0 Å². The maximum absolute atomic E-state index is 13.2. The van der Waals surface area contributed by atoms with Crippen LogP contribution in [0.25, 0.3) is 21.7 Å². The molecule has 164 valence electrons. The second-order valence-corrected chi connectivity index (χ2v) is 11.7. The zero-order chi connectivity index (χ0) is 22.0. The van der Waals surface area contributed by atoms with E-state index in [9.17, 15) is 13.2 Å². The molecule has 2 saturated carbocycles. The molecule has 1 aliphatic heterocycles. The number of fused-ring (bicyclic) bond motifs is 1. The van der Waals surface area contributed by atoms with E-state index in [1.165, 1.54) is 48.3 Å². The Bertz CT molecular complexity index is 1300. The van der Waals surface area contributed by atoms with Gasteiger partial charge in [-0.3, -0.25) is 4.79 Å². The number of nitrogens with zero attached hydrogens (tertiary/aromatic N) is 2. The molecule has 0 spiro atoms. The number of thiazole rings is 1. The van der Waals surface area contributed by atoms with Gasteiger partial charge in [-0.05, 0) is 60.3 Å². The monoisotopic (exact) mass is 465 g/mol. The zero-order valence-corrected chi connectivity index (χ0v) is 19.0. The number of benzene rings is 2. The average molecular weight is 466 g/mol. The molecular formula is C24H23N3O3S2. The number of nitrogens with two attached hydrogens (primary N) is 1. The Morgan fingerprint density at radius 3 is 2.19 bits per heavy atom. The number of piperidine rings is 1. The Hall–Kier alpha value is -2.55. The highest BCUT2D eigenvalue weighted by molar-refractivity contribution is 7.89. The van der Waals surface area contributed by atoms with Gasteiger partial charge in [-0.25, -0.2) is 18.5 Å². The number of rotatable bonds is 5. The van der Waals surface area contributed by atoms with Crippen molar-refractivity contribution in [3.05, 3.63) is 59.1 Å². The number of sulfonamides is 1. The Morgan fingerprint density at radius 1 is 0.969 bits per heavy atom. The van der Waals surface area contributed by atoms with Crippen LogP contribution in [-0.4, -0.2) is 37.3 Å². The lowest BCUT2D eigenvalue weighted by Crippen LogP contribution is -2.30. The fourth-order valence-electron chi connectivity index (χ4n) is 4.63. The summed E-state index contributed by atoms with van der Waals surface area (Å²) in [5.41, 5.74) is 3.88. The minimum absolute atomic E-state index is 0.00884. The summed E-state index contributed by atoms with van der Waals surface area (Å²) in [4.78, 5) is 20.8. The summed E-state index contributed by atoms with van der Waals surface area (Å²) in [6, 6.07) is 14.9. The van der Waals surface area contributed by atoms with E-state index < -0.39 is 10.0 Å². The average Bonchev–Trinajstić information content (AvgIpc) is 3.69. The molecule has 2 atom stereocenters. The van der Waals surface area contributed by atoms with Crippen LogP contribution in [0.3, 0.4) is 0 Å². The summed E-state index contributed by atoms with van der Waals surface area (Å²) in [7, 11) is -3.76. The van der Waals surface area contributed by atoms with Crippen LogP contribution < -0.4 is 5.14 Å². The number of amides is 1. The molecule has 1 amide bonds. The van der Waals surface area contributed by atoms with Gasteiger partial charge in [-0.15, -0.1) is 11.3 Å². The molecule has 6 nitrogen and oxygen atoms in total. The Kier molecular flexibility index (Phi) is 4.54. The number of hydrogen-bond donors (Lipinski definition) is 1. The quantitative estimate of drug-likeness (QED) is 0.614. The number of aromatic nitrogens is 1. The van der Waals surface area contributed by atoms with E-state index in [-0.39, 0.29) is 10.8 Å². The first kappa shape index (κ1) is 20.1. The predicted molar refractivity (Wildman–Crippen MR) is 124 cm³/mol. The largest absolute Gasteiger partial charge is 0.336 e. The predicted octanol–water partition coefficient (Wildman–Crippen LogP) is 4.09. The summed E-state index contributed by atoms with van der Waals surface area (Å²) in [5, 5.41) is 5.74. The molecule has 6 rings (SSSR count). The molecule has 1 aromatic heterocycles. The van der Waals surface area contributed by atoms with Crippen LogP contribution in [0, 0.1) is 11.8 Å². The molecule has 1 saturated heterocycles. The first-order valence-electron chi connectivity index (χ1n) is 10.9. The van der Waals surface area contributed by atoms with Crippen molar-refractivity contribution in [1.82, 2.24) is 9.88 Å². The van der Waals surface area contributed by atoms with Crippen molar-refractivity contribution in [3.63, 3.8) is 0 Å². The topological polar surface area (TPSA) is 93.4 Å². The number of hydrogen-bond acceptors (Lipinski definition) is 5. The molecule has 3 fully saturated rings. The first-order valence-corrected chi connectivity index (χ1v) is 13.3. The lowest BCUT2D eigenvalue weighted by molar-refractivity contribution is 0.0775. The molecule has 2 unspecified atom stereocenters. The van der Waals surface area contributed by atoms with Gasteiger partial charge in [0.1, 0.15) is 0 Å². The molecule has 2 aromatic carbocycles. The zero-order valence-electron chi connectivity index (χ0n) is 17.4. The molecule has 32 heavy (non-hydrogen) atoms. The Labute approximate surface area is 191 Å². The molecule has 3 aliphatic rings. The first-order chi connectivity index (χ1) is 15.4. The third-order valence-electron chi connectivity index (χ3n) is 6.75. The van der Waals surface area contributed by atoms with Crippen LogP contribution in [0.1, 0.15) is 40.5 Å². The minimum atomic E-state index is -3.76. The van der Waals surface area contributed by atoms with Crippen molar-refractivity contribution < 1.29 is 13.2 Å². The fourth-order valence-corrected chi connectivity index (χ4v) is 6.20. The summed E-state index contributed by atoms with van der Waals surface area (Å²) in [6.45, 7) is 1.65. The molecule has 3 aromatic rings. The maximum Gasteiger partial charge on any atom is 0.282 e. The van der Waals surface area contributed by atoms with Gasteiger partial charge in [0.15, 0.2) is 5.01 Å². The summed E-state index contributed by atoms with van der Waals surface area (Å²) >= 11 is 1.37. The molecule has 2 aliphatic carbocycles. The van der Waals surface area contributed by atoms with Crippen molar-refractivity contribution >= 4 is 27.3 Å². The molecule has 8 heteroatoms. The van der Waals surface area contributed by atoms with Crippen LogP contribution in [0.15, 0.2) is 53.4 Å². The third kappa shape index (κ3) is 3.66. The van der Waals surface area contributed by atoms with E-state index in [4.69, 9.17) is 10.1 Å². The highest BCUT2D eigenvalue weighted by Gasteiger charge is 2.47. The number of carbonyl (C=O) groups excluding carboxylic acids is 1. The third-order valence-corrected chi connectivity index (χ3v) is 8.78. The summed E-state index contributed by atoms with van der Waals surface area (Å²) < 4.78 is 23.3. The summed E-state index contributed by atoms with van der Waals surface area (Å²) in [5.74, 6) is 1.99. The van der Waals surface area contributed by atoms with E-state index in [2.05, 4.69) is 24.3 Å². The van der Waals surface area contributed by atoms with E-state index in [1.807, 2.05) is 4.90 Å². The van der Waals surface area contributed by atoms with Crippen molar-refractivity contribution in [2.24, 2.45) is 17.0 Å². The van der Waals surface area contributed by atoms with Crippen molar-refractivity contribution in [2.45, 2.75) is 30.1 Å². The van der Waals surface area contributed by atoms with Crippen LogP contribution in [0.2, 0.25) is 0 Å². The number of likely N-dealkylation sites (tertiary alicyclic amines) is 1. The van der Waals surface area contributed by atoms with Crippen molar-refractivity contribution in [1.29, 1.82) is 0 Å². The maximum atomic E-state index is 13.2. The normalized spacial score (nSPS) is 22.1. The number of carbonyl (C=O) groups is 1. The molecule has 0 radical (unpaired) electrons. The van der Waals surface area contributed by atoms with Crippen LogP contribution in [0.4, 0.5) is 0 Å².